The Bertz CT molecular complexity index is 1110. The third-order valence-corrected chi connectivity index (χ3v) is 9.75. The Morgan fingerprint density at radius 2 is 1.95 bits per heavy atom. The number of allylic oxidation sites excluding steroid dienone is 4. The molecule has 41 heavy (non-hydrogen) atoms. The number of carbonyl (C=O) groups excluding carboxylic acids is 1. The Morgan fingerprint density at radius 3 is 2.68 bits per heavy atom. The minimum absolute atomic E-state index is 0.0859. The molecule has 2 bridgehead atoms. The van der Waals surface area contributed by atoms with E-state index < -0.39 is 47.9 Å². The summed E-state index contributed by atoms with van der Waals surface area (Å²) in [5, 5.41) is 23.3. The van der Waals surface area contributed by atoms with Crippen molar-refractivity contribution >= 4 is 5.97 Å². The van der Waals surface area contributed by atoms with Crippen LogP contribution in [0.5, 0.6) is 0 Å². The molecule has 2 N–H and O–H groups in total. The normalized spacial score (nSPS) is 48.7. The van der Waals surface area contributed by atoms with Crippen molar-refractivity contribution < 1.29 is 38.7 Å². The molecule has 3 fully saturated rings. The van der Waals surface area contributed by atoms with Crippen LogP contribution in [0, 0.1) is 17.8 Å². The highest BCUT2D eigenvalue weighted by molar-refractivity contribution is 5.78. The van der Waals surface area contributed by atoms with E-state index in [4.69, 9.17) is 23.7 Å². The number of aliphatic hydroxyl groups excluding tert-OH is 1. The number of esters is 1. The molecule has 8 heteroatoms. The van der Waals surface area contributed by atoms with E-state index in [-0.39, 0.29) is 18.1 Å². The topological polar surface area (TPSA) is 104 Å². The van der Waals surface area contributed by atoms with Gasteiger partial charge in [0.15, 0.2) is 12.1 Å². The number of fused-ring (bicyclic) bond motifs is 2. The summed E-state index contributed by atoms with van der Waals surface area (Å²) >= 11 is 0. The predicted molar refractivity (Wildman–Crippen MR) is 154 cm³/mol. The smallest absolute Gasteiger partial charge is 0.316 e. The fourth-order valence-electron chi connectivity index (χ4n) is 7.45. The standard InChI is InChI=1S/C33H48O8/c1-7-27-21(4)13-14-32(41-27)18-24-17-23(40-32)12-11-20(3)15-19(2)9-8-10-25-31(37-6)39-29-28(34)22(5)16-26(30(35)38-24)33(25,29)36/h8-11,16,19,21,23-24,26-29,31,34,36H,7,12-15,17-18H2,1-6H3/b9-8+,20-11+,25-10+/t19-,21-,23+,24-,26-,27+,28+,29+,31-,32+,33+/m0/s1. The maximum atomic E-state index is 14.0. The van der Waals surface area contributed by atoms with Crippen molar-refractivity contribution in [3.63, 3.8) is 0 Å². The van der Waals surface area contributed by atoms with Gasteiger partial charge in [0.05, 0.1) is 12.2 Å². The molecule has 0 aromatic carbocycles. The van der Waals surface area contributed by atoms with Gasteiger partial charge in [0.1, 0.15) is 29.8 Å². The molecule has 0 saturated carbocycles. The molecule has 5 rings (SSSR count). The molecule has 5 aliphatic rings. The second-order valence-electron chi connectivity index (χ2n) is 13.0. The van der Waals surface area contributed by atoms with Gasteiger partial charge in [-0.15, -0.1) is 0 Å². The molecule has 8 nitrogen and oxygen atoms in total. The summed E-state index contributed by atoms with van der Waals surface area (Å²) in [7, 11) is 1.49. The van der Waals surface area contributed by atoms with Gasteiger partial charge >= 0.3 is 5.97 Å². The molecule has 1 spiro atoms. The van der Waals surface area contributed by atoms with Crippen LogP contribution in [-0.4, -0.2) is 71.5 Å². The van der Waals surface area contributed by atoms with E-state index >= 15 is 0 Å². The van der Waals surface area contributed by atoms with Gasteiger partial charge < -0.3 is 33.9 Å². The van der Waals surface area contributed by atoms with Crippen molar-refractivity contribution in [2.24, 2.45) is 17.8 Å². The monoisotopic (exact) mass is 572 g/mol. The van der Waals surface area contributed by atoms with Crippen LogP contribution >= 0.6 is 0 Å². The van der Waals surface area contributed by atoms with Gasteiger partial charge in [0.25, 0.3) is 0 Å². The second kappa shape index (κ2) is 12.1. The lowest BCUT2D eigenvalue weighted by Gasteiger charge is -2.50. The number of carbonyl (C=O) groups is 1. The average Bonchev–Trinajstić information content (AvgIpc) is 3.23. The van der Waals surface area contributed by atoms with Crippen LogP contribution in [-0.2, 0) is 28.5 Å². The molecule has 4 aliphatic heterocycles. The SMILES string of the molecule is CC[C@H]1O[C@]2(CC[C@@H]1C)C[C@@H]1C[C@@H](C/C=C(\C)C[C@@H](C)/C=C/C=C3\[C@@H](OC)O[C@@H]4[C@H](O)C(C)=C[C@@H](C(=O)O1)[C@]34O)O2. The van der Waals surface area contributed by atoms with Gasteiger partial charge in [-0.05, 0) is 56.9 Å². The lowest BCUT2D eigenvalue weighted by Crippen LogP contribution is -2.58. The first-order chi connectivity index (χ1) is 19.5. The molecule has 0 aromatic heterocycles. The van der Waals surface area contributed by atoms with Crippen LogP contribution in [0.2, 0.25) is 0 Å². The Balaban J connectivity index is 1.54. The number of aliphatic hydroxyl groups is 2. The maximum Gasteiger partial charge on any atom is 0.316 e. The molecule has 228 valence electrons. The van der Waals surface area contributed by atoms with Crippen LogP contribution in [0.4, 0.5) is 0 Å². The molecule has 4 heterocycles. The summed E-state index contributed by atoms with van der Waals surface area (Å²) in [5.74, 6) is -1.75. The van der Waals surface area contributed by atoms with Crippen molar-refractivity contribution in [1.29, 1.82) is 0 Å². The zero-order valence-corrected chi connectivity index (χ0v) is 25.4. The maximum absolute atomic E-state index is 14.0. The van der Waals surface area contributed by atoms with E-state index in [0.29, 0.717) is 36.3 Å². The second-order valence-corrected chi connectivity index (χ2v) is 13.0. The van der Waals surface area contributed by atoms with Crippen LogP contribution in [0.25, 0.3) is 0 Å². The van der Waals surface area contributed by atoms with Gasteiger partial charge in [0, 0.05) is 31.9 Å². The Hall–Kier alpha value is -1.81. The molecule has 3 saturated heterocycles. The first-order valence-electron chi connectivity index (χ1n) is 15.4. The van der Waals surface area contributed by atoms with Crippen LogP contribution in [0.3, 0.4) is 0 Å². The summed E-state index contributed by atoms with van der Waals surface area (Å²) < 4.78 is 31.2. The zero-order valence-electron chi connectivity index (χ0n) is 25.4. The van der Waals surface area contributed by atoms with Crippen molar-refractivity contribution in [3.05, 3.63) is 47.1 Å². The highest BCUT2D eigenvalue weighted by Gasteiger charge is 2.63. The Labute approximate surface area is 244 Å². The summed E-state index contributed by atoms with van der Waals surface area (Å²) in [4.78, 5) is 14.0. The van der Waals surface area contributed by atoms with Gasteiger partial charge in [-0.3, -0.25) is 4.79 Å². The lowest BCUT2D eigenvalue weighted by molar-refractivity contribution is -0.335. The average molecular weight is 573 g/mol. The molecule has 0 unspecified atom stereocenters. The molecule has 0 amide bonds. The first-order valence-corrected chi connectivity index (χ1v) is 15.4. The largest absolute Gasteiger partial charge is 0.462 e. The van der Waals surface area contributed by atoms with Crippen molar-refractivity contribution in [3.8, 4) is 0 Å². The van der Waals surface area contributed by atoms with Crippen LogP contribution < -0.4 is 0 Å². The highest BCUT2D eigenvalue weighted by Crippen LogP contribution is 2.49. The van der Waals surface area contributed by atoms with E-state index in [0.717, 1.165) is 25.7 Å². The fraction of sp³-hybridized carbons (Fsp3) is 0.727. The molecular formula is C33H48O8. The predicted octanol–water partition coefficient (Wildman–Crippen LogP) is 4.90. The highest BCUT2D eigenvalue weighted by atomic mass is 16.7. The lowest BCUT2D eigenvalue weighted by atomic mass is 9.70. The summed E-state index contributed by atoms with van der Waals surface area (Å²) in [5.41, 5.74) is 0.378. The van der Waals surface area contributed by atoms with Crippen molar-refractivity contribution in [1.82, 2.24) is 0 Å². The van der Waals surface area contributed by atoms with Crippen LogP contribution in [0.15, 0.2) is 47.1 Å². The summed E-state index contributed by atoms with van der Waals surface area (Å²) in [6.45, 7) is 10.4. The number of ether oxygens (including phenoxy) is 5. The number of hydrogen-bond acceptors (Lipinski definition) is 8. The molecule has 0 aromatic rings. The van der Waals surface area contributed by atoms with Crippen molar-refractivity contribution in [2.75, 3.05) is 7.11 Å². The van der Waals surface area contributed by atoms with Crippen LogP contribution in [0.1, 0.15) is 79.6 Å². The Kier molecular flexibility index (Phi) is 9.01. The van der Waals surface area contributed by atoms with E-state index in [9.17, 15) is 15.0 Å². The molecular weight excluding hydrogens is 524 g/mol. The minimum Gasteiger partial charge on any atom is -0.462 e. The van der Waals surface area contributed by atoms with Gasteiger partial charge in [-0.2, -0.15) is 0 Å². The number of rotatable bonds is 2. The Morgan fingerprint density at radius 1 is 1.17 bits per heavy atom. The molecule has 0 radical (unpaired) electrons. The van der Waals surface area contributed by atoms with Crippen molar-refractivity contribution in [2.45, 2.75) is 128 Å². The third kappa shape index (κ3) is 5.89. The van der Waals surface area contributed by atoms with E-state index in [1.807, 2.05) is 6.08 Å². The van der Waals surface area contributed by atoms with Gasteiger partial charge in [-0.25, -0.2) is 0 Å². The summed E-state index contributed by atoms with van der Waals surface area (Å²) in [6.07, 6.45) is 11.2. The number of hydrogen-bond donors (Lipinski definition) is 2. The third-order valence-electron chi connectivity index (χ3n) is 9.75. The number of methoxy groups -OCH3 is 1. The van der Waals surface area contributed by atoms with E-state index in [2.05, 4.69) is 39.8 Å². The minimum atomic E-state index is -1.83. The molecule has 1 aliphatic carbocycles. The fourth-order valence-corrected chi connectivity index (χ4v) is 7.45. The quantitative estimate of drug-likeness (QED) is 0.356. The van der Waals surface area contributed by atoms with Gasteiger partial charge in [-0.1, -0.05) is 56.7 Å². The van der Waals surface area contributed by atoms with E-state index in [1.165, 1.54) is 12.7 Å². The van der Waals surface area contributed by atoms with Gasteiger partial charge in [0.2, 0.25) is 0 Å². The van der Waals surface area contributed by atoms with E-state index in [1.54, 1.807) is 19.1 Å². The molecule has 11 atom stereocenters. The zero-order chi connectivity index (χ0) is 29.5. The first kappa shape index (κ1) is 30.6. The summed E-state index contributed by atoms with van der Waals surface area (Å²) in [6, 6.07) is 0.